The van der Waals surface area contributed by atoms with Crippen molar-refractivity contribution < 1.29 is 9.59 Å². The van der Waals surface area contributed by atoms with E-state index in [1.54, 1.807) is 0 Å². The summed E-state index contributed by atoms with van der Waals surface area (Å²) in [6, 6.07) is -0.111. The van der Waals surface area contributed by atoms with Crippen LogP contribution in [0, 0.1) is 6.92 Å². The van der Waals surface area contributed by atoms with Crippen LogP contribution in [0.5, 0.6) is 0 Å². The standard InChI is InChI=1S/C43H78N4O2/c1-4-6-8-10-12-14-15-16-17-19-21-23-29-34-42(48)47(37-30-36-46-38-35-44-39(46)3)41(33-28-22-20-18-13-11-9-7-5-2)43(49)45-40-31-26-24-25-27-32-40/h14-15,35,38,40-41H,4-13,16-34,36-37H2,1-3H3,(H,45,49)/b15-14-. The second-order valence-electron chi connectivity index (χ2n) is 15.1. The van der Waals surface area contributed by atoms with Gasteiger partial charge in [-0.1, -0.05) is 148 Å². The Bertz CT molecular complexity index is 965. The Morgan fingerprint density at radius 2 is 1.33 bits per heavy atom. The Labute approximate surface area is 303 Å². The van der Waals surface area contributed by atoms with Crippen molar-refractivity contribution in [1.82, 2.24) is 19.8 Å². The molecule has 0 saturated heterocycles. The third-order valence-electron chi connectivity index (χ3n) is 10.7. The number of imidazole rings is 1. The molecule has 0 aliphatic heterocycles. The van der Waals surface area contributed by atoms with Gasteiger partial charge >= 0.3 is 0 Å². The van der Waals surface area contributed by atoms with Crippen LogP contribution in [-0.4, -0.2) is 44.9 Å². The first-order chi connectivity index (χ1) is 24.1. The molecule has 6 nitrogen and oxygen atoms in total. The summed E-state index contributed by atoms with van der Waals surface area (Å²) in [6.07, 6.45) is 42.5. The molecule has 282 valence electrons. The average Bonchev–Trinajstić information content (AvgIpc) is 3.33. The minimum absolute atomic E-state index is 0.0945. The van der Waals surface area contributed by atoms with Gasteiger partial charge < -0.3 is 14.8 Å². The Balaban J connectivity index is 1.94. The summed E-state index contributed by atoms with van der Waals surface area (Å²) in [6.45, 7) is 8.01. The minimum atomic E-state index is -0.363. The number of nitrogens with one attached hydrogen (secondary N) is 1. The minimum Gasteiger partial charge on any atom is -0.352 e. The molecule has 49 heavy (non-hydrogen) atoms. The number of carbonyl (C=O) groups is 2. The van der Waals surface area contributed by atoms with E-state index in [2.05, 4.69) is 40.9 Å². The lowest BCUT2D eigenvalue weighted by atomic mass is 10.0. The Hall–Kier alpha value is -2.11. The Kier molecular flexibility index (Phi) is 26.0. The van der Waals surface area contributed by atoms with E-state index in [0.717, 1.165) is 63.7 Å². The van der Waals surface area contributed by atoms with Crippen LogP contribution in [0.25, 0.3) is 0 Å². The molecule has 2 rings (SSSR count). The molecule has 1 saturated carbocycles. The molecule has 0 bridgehead atoms. The van der Waals surface area contributed by atoms with Crippen molar-refractivity contribution in [2.45, 2.75) is 226 Å². The molecule has 1 atom stereocenters. The number of hydrogen-bond donors (Lipinski definition) is 1. The zero-order chi connectivity index (χ0) is 35.2. The summed E-state index contributed by atoms with van der Waals surface area (Å²) in [7, 11) is 0. The maximum atomic E-state index is 14.0. The monoisotopic (exact) mass is 683 g/mol. The van der Waals surface area contributed by atoms with Crippen molar-refractivity contribution >= 4 is 11.8 Å². The topological polar surface area (TPSA) is 67.2 Å². The molecule has 0 aromatic carbocycles. The van der Waals surface area contributed by atoms with Crippen LogP contribution in [0.3, 0.4) is 0 Å². The smallest absolute Gasteiger partial charge is 0.243 e. The lowest BCUT2D eigenvalue weighted by Gasteiger charge is -2.33. The summed E-state index contributed by atoms with van der Waals surface area (Å²) in [5.41, 5.74) is 0. The highest BCUT2D eigenvalue weighted by molar-refractivity contribution is 5.87. The van der Waals surface area contributed by atoms with E-state index in [1.165, 1.54) is 128 Å². The molecule has 1 aliphatic carbocycles. The molecular weight excluding hydrogens is 604 g/mol. The Morgan fingerprint density at radius 3 is 1.92 bits per heavy atom. The lowest BCUT2D eigenvalue weighted by molar-refractivity contribution is -0.141. The van der Waals surface area contributed by atoms with Gasteiger partial charge in [0.05, 0.1) is 0 Å². The second-order valence-corrected chi connectivity index (χ2v) is 15.1. The molecule has 1 unspecified atom stereocenters. The number of unbranched alkanes of at least 4 members (excludes halogenated alkanes) is 17. The Morgan fingerprint density at radius 1 is 0.776 bits per heavy atom. The first-order valence-corrected chi connectivity index (χ1v) is 21.3. The number of nitrogens with zero attached hydrogens (tertiary/aromatic N) is 3. The molecule has 1 aliphatic rings. The van der Waals surface area contributed by atoms with E-state index in [0.29, 0.717) is 13.0 Å². The van der Waals surface area contributed by atoms with Gasteiger partial charge in [-0.05, 0) is 64.7 Å². The van der Waals surface area contributed by atoms with Gasteiger partial charge in [0.15, 0.2) is 0 Å². The van der Waals surface area contributed by atoms with E-state index in [9.17, 15) is 9.59 Å². The van der Waals surface area contributed by atoms with Crippen LogP contribution >= 0.6 is 0 Å². The fourth-order valence-corrected chi connectivity index (χ4v) is 7.44. The van der Waals surface area contributed by atoms with Gasteiger partial charge in [-0.2, -0.15) is 0 Å². The summed E-state index contributed by atoms with van der Waals surface area (Å²) >= 11 is 0. The summed E-state index contributed by atoms with van der Waals surface area (Å²) in [5, 5.41) is 3.45. The highest BCUT2D eigenvalue weighted by atomic mass is 16.2. The van der Waals surface area contributed by atoms with Crippen LogP contribution in [0.2, 0.25) is 0 Å². The quantitative estimate of drug-likeness (QED) is 0.0499. The molecule has 0 spiro atoms. The normalized spacial score (nSPS) is 14.7. The van der Waals surface area contributed by atoms with Gasteiger partial charge in [0.1, 0.15) is 11.9 Å². The second kappa shape index (κ2) is 29.6. The lowest BCUT2D eigenvalue weighted by Crippen LogP contribution is -2.52. The zero-order valence-corrected chi connectivity index (χ0v) is 32.5. The van der Waals surface area contributed by atoms with Crippen molar-refractivity contribution in [1.29, 1.82) is 0 Å². The van der Waals surface area contributed by atoms with E-state index >= 15 is 0 Å². The van der Waals surface area contributed by atoms with Gasteiger partial charge in [-0.3, -0.25) is 9.59 Å². The average molecular weight is 683 g/mol. The highest BCUT2D eigenvalue weighted by Gasteiger charge is 2.30. The number of hydrogen-bond acceptors (Lipinski definition) is 3. The van der Waals surface area contributed by atoms with Crippen molar-refractivity contribution in [3.8, 4) is 0 Å². The maximum Gasteiger partial charge on any atom is 0.243 e. The summed E-state index contributed by atoms with van der Waals surface area (Å²) in [4.78, 5) is 34.4. The number of amides is 2. The van der Waals surface area contributed by atoms with Crippen molar-refractivity contribution in [2.24, 2.45) is 0 Å². The number of aryl methyl sites for hydroxylation is 2. The van der Waals surface area contributed by atoms with E-state index in [4.69, 9.17) is 0 Å². The summed E-state index contributed by atoms with van der Waals surface area (Å²) < 4.78 is 2.16. The number of carbonyl (C=O) groups excluding carboxylic acids is 2. The molecule has 2 amide bonds. The van der Waals surface area contributed by atoms with Crippen LogP contribution in [-0.2, 0) is 16.1 Å². The highest BCUT2D eigenvalue weighted by Crippen LogP contribution is 2.21. The predicted octanol–water partition coefficient (Wildman–Crippen LogP) is 11.8. The van der Waals surface area contributed by atoms with Crippen molar-refractivity contribution in [3.63, 3.8) is 0 Å². The molecule has 1 fully saturated rings. The molecule has 1 aromatic rings. The van der Waals surface area contributed by atoms with E-state index in [1.807, 2.05) is 24.2 Å². The molecular formula is C43H78N4O2. The van der Waals surface area contributed by atoms with Crippen molar-refractivity contribution in [3.05, 3.63) is 30.4 Å². The molecule has 0 radical (unpaired) electrons. The van der Waals surface area contributed by atoms with Crippen LogP contribution in [0.4, 0.5) is 0 Å². The zero-order valence-electron chi connectivity index (χ0n) is 32.5. The SMILES string of the molecule is CCCCCC/C=C\CCCCCCCC(=O)N(CCCn1ccnc1C)C(CCCCCCCCCCC)C(=O)NC1CCCCCC1. The van der Waals surface area contributed by atoms with Gasteiger partial charge in [-0.15, -0.1) is 0 Å². The molecule has 1 N–H and O–H groups in total. The maximum absolute atomic E-state index is 14.0. The van der Waals surface area contributed by atoms with Gasteiger partial charge in [0, 0.05) is 37.9 Å². The van der Waals surface area contributed by atoms with Crippen molar-refractivity contribution in [2.75, 3.05) is 6.54 Å². The van der Waals surface area contributed by atoms with Crippen LogP contribution in [0.1, 0.15) is 206 Å². The molecule has 6 heteroatoms. The fraction of sp³-hybridized carbons (Fsp3) is 0.837. The number of allylic oxidation sites excluding steroid dienone is 2. The first kappa shape index (κ1) is 43.1. The van der Waals surface area contributed by atoms with Gasteiger partial charge in [0.25, 0.3) is 0 Å². The van der Waals surface area contributed by atoms with Crippen LogP contribution in [0.15, 0.2) is 24.5 Å². The predicted molar refractivity (Wildman–Crippen MR) is 209 cm³/mol. The third-order valence-corrected chi connectivity index (χ3v) is 10.7. The van der Waals surface area contributed by atoms with E-state index in [-0.39, 0.29) is 23.9 Å². The van der Waals surface area contributed by atoms with Gasteiger partial charge in [0.2, 0.25) is 11.8 Å². The third kappa shape index (κ3) is 21.0. The summed E-state index contributed by atoms with van der Waals surface area (Å²) in [5.74, 6) is 1.26. The van der Waals surface area contributed by atoms with Crippen LogP contribution < -0.4 is 5.32 Å². The van der Waals surface area contributed by atoms with Gasteiger partial charge in [-0.25, -0.2) is 4.98 Å². The number of aromatic nitrogens is 2. The molecule has 1 heterocycles. The number of rotatable bonds is 30. The van der Waals surface area contributed by atoms with E-state index < -0.39 is 0 Å². The molecule has 1 aromatic heterocycles. The fourth-order valence-electron chi connectivity index (χ4n) is 7.44. The first-order valence-electron chi connectivity index (χ1n) is 21.3. The largest absolute Gasteiger partial charge is 0.352 e.